The van der Waals surface area contributed by atoms with E-state index < -0.39 is 6.04 Å². The molecule has 0 spiro atoms. The average Bonchev–Trinajstić information content (AvgIpc) is 3.47. The molecule has 1 aliphatic rings. The fourth-order valence-corrected chi connectivity index (χ4v) is 4.97. The Balaban J connectivity index is 1.65. The highest BCUT2D eigenvalue weighted by molar-refractivity contribution is 7.13. The maximum absolute atomic E-state index is 13.2. The number of thiazole rings is 1. The van der Waals surface area contributed by atoms with E-state index in [1.54, 1.807) is 23.3 Å². The lowest BCUT2D eigenvalue weighted by Gasteiger charge is -2.28. The summed E-state index contributed by atoms with van der Waals surface area (Å²) in [6.07, 6.45) is 3.47. The average molecular weight is 467 g/mol. The van der Waals surface area contributed by atoms with Crippen LogP contribution in [0.1, 0.15) is 57.8 Å². The molecule has 3 unspecified atom stereocenters. The first-order valence-electron chi connectivity index (χ1n) is 11.5. The zero-order valence-corrected chi connectivity index (χ0v) is 21.2. The first-order chi connectivity index (χ1) is 15.7. The van der Waals surface area contributed by atoms with E-state index >= 15 is 0 Å². The van der Waals surface area contributed by atoms with E-state index in [2.05, 4.69) is 27.4 Å². The molecule has 0 radical (unpaired) electrons. The van der Waals surface area contributed by atoms with Crippen LogP contribution in [-0.4, -0.2) is 47.0 Å². The Bertz CT molecular complexity index is 1050. The lowest BCUT2D eigenvalue weighted by molar-refractivity contribution is -0.140. The minimum atomic E-state index is -0.421. The van der Waals surface area contributed by atoms with Crippen molar-refractivity contribution < 1.29 is 9.59 Å². The molecule has 3 atom stereocenters. The summed E-state index contributed by atoms with van der Waals surface area (Å²) in [6, 6.07) is 7.67. The minimum absolute atomic E-state index is 0.00207. The van der Waals surface area contributed by atoms with Crippen LogP contribution in [0.4, 0.5) is 0 Å². The number of nitrogens with zero attached hydrogens (tertiary/aromatic N) is 3. The van der Waals surface area contributed by atoms with E-state index in [9.17, 15) is 9.59 Å². The summed E-state index contributed by atoms with van der Waals surface area (Å²) in [7, 11) is 1.74. The number of hydrogen-bond acceptors (Lipinski definition) is 5. The summed E-state index contributed by atoms with van der Waals surface area (Å²) in [4.78, 5) is 37.7. The van der Waals surface area contributed by atoms with Gasteiger partial charge in [-0.1, -0.05) is 29.8 Å². The van der Waals surface area contributed by atoms with Crippen LogP contribution in [0.2, 0.25) is 0 Å². The van der Waals surface area contributed by atoms with Crippen LogP contribution < -0.4 is 5.32 Å². The standard InChI is InChI=1S/C26H34N4O2S/c1-16(14-17(2)27-6)18(3)26(32)30-13-7-8-23(30)25(31)29-19(4)21-9-11-22(12-10-21)24-20(5)28-15-33-24/h9-12,14-15,18-19,23H,7-8,13H2,1-6H3,(H,29,31)/b16-14+,27-17?. The van der Waals surface area contributed by atoms with Crippen molar-refractivity contribution in [3.05, 3.63) is 52.7 Å². The summed E-state index contributed by atoms with van der Waals surface area (Å²) in [5.74, 6) is -0.367. The molecule has 1 fully saturated rings. The summed E-state index contributed by atoms with van der Waals surface area (Å²) in [5.41, 5.74) is 6.88. The van der Waals surface area contributed by atoms with Gasteiger partial charge < -0.3 is 10.2 Å². The number of aromatic nitrogens is 1. The van der Waals surface area contributed by atoms with Gasteiger partial charge in [0.1, 0.15) is 6.04 Å². The Hall–Kier alpha value is -2.80. The summed E-state index contributed by atoms with van der Waals surface area (Å²) in [5, 5.41) is 3.12. The van der Waals surface area contributed by atoms with E-state index in [0.29, 0.717) is 13.0 Å². The Morgan fingerprint density at radius 3 is 2.55 bits per heavy atom. The zero-order valence-electron chi connectivity index (χ0n) is 20.4. The van der Waals surface area contributed by atoms with Crippen LogP contribution in [0.25, 0.3) is 10.4 Å². The van der Waals surface area contributed by atoms with Crippen LogP contribution in [0.15, 0.2) is 46.4 Å². The fraction of sp³-hybridized carbons (Fsp3) is 0.462. The number of allylic oxidation sites excluding steroid dienone is 1. The van der Waals surface area contributed by atoms with Gasteiger partial charge >= 0.3 is 0 Å². The van der Waals surface area contributed by atoms with Crippen LogP contribution in [0.3, 0.4) is 0 Å². The smallest absolute Gasteiger partial charge is 0.243 e. The van der Waals surface area contributed by atoms with Crippen LogP contribution in [0.5, 0.6) is 0 Å². The third-order valence-corrected chi connectivity index (χ3v) is 7.44. The van der Waals surface area contributed by atoms with Crippen molar-refractivity contribution in [3.8, 4) is 10.4 Å². The van der Waals surface area contributed by atoms with Crippen molar-refractivity contribution in [1.29, 1.82) is 0 Å². The van der Waals surface area contributed by atoms with E-state index in [1.807, 2.05) is 58.3 Å². The van der Waals surface area contributed by atoms with Crippen molar-refractivity contribution >= 4 is 28.9 Å². The van der Waals surface area contributed by atoms with Crippen molar-refractivity contribution in [2.24, 2.45) is 10.9 Å². The minimum Gasteiger partial charge on any atom is -0.348 e. The highest BCUT2D eigenvalue weighted by atomic mass is 32.1. The molecule has 3 rings (SSSR count). The Kier molecular flexibility index (Phi) is 8.19. The third-order valence-electron chi connectivity index (χ3n) is 6.46. The molecule has 0 saturated carbocycles. The molecular formula is C26H34N4O2S. The fourth-order valence-electron chi connectivity index (χ4n) is 4.16. The van der Waals surface area contributed by atoms with Crippen LogP contribution in [0, 0.1) is 12.8 Å². The van der Waals surface area contributed by atoms with Gasteiger partial charge in [-0.15, -0.1) is 11.3 Å². The molecule has 0 aliphatic carbocycles. The first-order valence-corrected chi connectivity index (χ1v) is 12.3. The van der Waals surface area contributed by atoms with Gasteiger partial charge in [0.25, 0.3) is 0 Å². The number of hydrogen-bond donors (Lipinski definition) is 1. The lowest BCUT2D eigenvalue weighted by Crippen LogP contribution is -2.48. The van der Waals surface area contributed by atoms with E-state index in [-0.39, 0.29) is 23.8 Å². The van der Waals surface area contributed by atoms with Crippen molar-refractivity contribution in [1.82, 2.24) is 15.2 Å². The molecule has 33 heavy (non-hydrogen) atoms. The number of carbonyl (C=O) groups excluding carboxylic acids is 2. The van der Waals surface area contributed by atoms with Crippen LogP contribution >= 0.6 is 11.3 Å². The predicted octanol–water partition coefficient (Wildman–Crippen LogP) is 4.96. The highest BCUT2D eigenvalue weighted by Crippen LogP contribution is 2.29. The SMILES string of the molecule is CN=C(C)/C=C(\C)C(C)C(=O)N1CCCC1C(=O)NC(C)c1ccc(-c2scnc2C)cc1. The molecule has 1 aromatic carbocycles. The molecular weight excluding hydrogens is 432 g/mol. The summed E-state index contributed by atoms with van der Waals surface area (Å²) in [6.45, 7) is 10.4. The first kappa shape index (κ1) is 24.8. The highest BCUT2D eigenvalue weighted by Gasteiger charge is 2.36. The zero-order chi connectivity index (χ0) is 24.1. The molecule has 1 aromatic heterocycles. The molecule has 1 aliphatic heterocycles. The number of rotatable bonds is 7. The number of aliphatic imine (C=N–C) groups is 1. The Morgan fingerprint density at radius 2 is 1.94 bits per heavy atom. The van der Waals surface area contributed by atoms with Gasteiger partial charge in [-0.05, 0) is 64.7 Å². The van der Waals surface area contributed by atoms with Gasteiger partial charge in [0.15, 0.2) is 0 Å². The van der Waals surface area contributed by atoms with Gasteiger partial charge in [-0.25, -0.2) is 4.98 Å². The van der Waals surface area contributed by atoms with Gasteiger partial charge in [0.05, 0.1) is 28.0 Å². The second kappa shape index (κ2) is 10.9. The number of nitrogens with one attached hydrogen (secondary N) is 1. The van der Waals surface area contributed by atoms with E-state index in [0.717, 1.165) is 39.4 Å². The predicted molar refractivity (Wildman–Crippen MR) is 136 cm³/mol. The number of aryl methyl sites for hydroxylation is 1. The molecule has 1 saturated heterocycles. The van der Waals surface area contributed by atoms with Gasteiger partial charge in [0.2, 0.25) is 11.8 Å². The molecule has 176 valence electrons. The lowest BCUT2D eigenvalue weighted by atomic mass is 9.99. The van der Waals surface area contributed by atoms with E-state index in [4.69, 9.17) is 0 Å². The topological polar surface area (TPSA) is 74.7 Å². The second-order valence-corrected chi connectivity index (χ2v) is 9.64. The molecule has 2 heterocycles. The second-order valence-electron chi connectivity index (χ2n) is 8.78. The van der Waals surface area contributed by atoms with Gasteiger partial charge in [-0.2, -0.15) is 0 Å². The molecule has 6 nitrogen and oxygen atoms in total. The van der Waals surface area contributed by atoms with E-state index in [1.165, 1.54) is 0 Å². The van der Waals surface area contributed by atoms with Crippen molar-refractivity contribution in [2.45, 2.75) is 59.5 Å². The maximum atomic E-state index is 13.2. The molecule has 0 bridgehead atoms. The Morgan fingerprint density at radius 1 is 1.24 bits per heavy atom. The normalized spacial score (nSPS) is 18.8. The van der Waals surface area contributed by atoms with Gasteiger partial charge in [-0.3, -0.25) is 14.6 Å². The summed E-state index contributed by atoms with van der Waals surface area (Å²) >= 11 is 1.63. The molecule has 1 N–H and O–H groups in total. The summed E-state index contributed by atoms with van der Waals surface area (Å²) < 4.78 is 0. The number of benzene rings is 1. The van der Waals surface area contributed by atoms with Crippen molar-refractivity contribution in [2.75, 3.05) is 13.6 Å². The Labute approximate surface area is 200 Å². The monoisotopic (exact) mass is 466 g/mol. The largest absolute Gasteiger partial charge is 0.348 e. The maximum Gasteiger partial charge on any atom is 0.243 e. The molecule has 2 aromatic rings. The number of carbonyl (C=O) groups is 2. The number of likely N-dealkylation sites (tertiary alicyclic amines) is 1. The number of amides is 2. The quantitative estimate of drug-likeness (QED) is 0.586. The van der Waals surface area contributed by atoms with Crippen molar-refractivity contribution in [3.63, 3.8) is 0 Å². The molecule has 7 heteroatoms. The molecule has 2 amide bonds. The van der Waals surface area contributed by atoms with Gasteiger partial charge in [0, 0.05) is 19.3 Å². The van der Waals surface area contributed by atoms with Crippen LogP contribution in [-0.2, 0) is 9.59 Å². The third kappa shape index (κ3) is 5.77.